The van der Waals surface area contributed by atoms with Crippen LogP contribution in [-0.4, -0.2) is 13.7 Å². The largest absolute Gasteiger partial charge is 0.496 e. The highest BCUT2D eigenvalue weighted by molar-refractivity contribution is 5.60. The van der Waals surface area contributed by atoms with E-state index in [-0.39, 0.29) is 0 Å². The molecule has 0 aliphatic carbocycles. The third kappa shape index (κ3) is 2.05. The molecular formula is C18H21NO. The summed E-state index contributed by atoms with van der Waals surface area (Å²) in [5.41, 5.74) is 6.47. The van der Waals surface area contributed by atoms with Crippen molar-refractivity contribution in [1.82, 2.24) is 0 Å². The van der Waals surface area contributed by atoms with E-state index < -0.39 is 0 Å². The Balaban J connectivity index is 2.13. The van der Waals surface area contributed by atoms with Crippen molar-refractivity contribution in [2.45, 2.75) is 26.2 Å². The molecule has 1 aliphatic rings. The van der Waals surface area contributed by atoms with Crippen molar-refractivity contribution in [2.24, 2.45) is 0 Å². The predicted octanol–water partition coefficient (Wildman–Crippen LogP) is 4.26. The minimum Gasteiger partial charge on any atom is -0.496 e. The molecule has 0 amide bonds. The molecule has 1 N–H and O–H groups in total. The topological polar surface area (TPSA) is 21.3 Å². The van der Waals surface area contributed by atoms with E-state index in [0.717, 1.165) is 18.7 Å². The summed E-state index contributed by atoms with van der Waals surface area (Å²) in [6, 6.07) is 13.0. The Labute approximate surface area is 120 Å². The van der Waals surface area contributed by atoms with E-state index in [4.69, 9.17) is 4.74 Å². The van der Waals surface area contributed by atoms with Crippen molar-refractivity contribution >= 4 is 5.69 Å². The van der Waals surface area contributed by atoms with Gasteiger partial charge in [-0.2, -0.15) is 0 Å². The van der Waals surface area contributed by atoms with Crippen LogP contribution in [0, 0.1) is 13.8 Å². The van der Waals surface area contributed by atoms with Gasteiger partial charge in [0.25, 0.3) is 0 Å². The highest BCUT2D eigenvalue weighted by Crippen LogP contribution is 2.41. The average Bonchev–Trinajstić information content (AvgIpc) is 2.49. The number of anilines is 1. The number of hydrogen-bond donors (Lipinski definition) is 1. The third-order valence-corrected chi connectivity index (χ3v) is 4.37. The van der Waals surface area contributed by atoms with E-state index >= 15 is 0 Å². The van der Waals surface area contributed by atoms with Gasteiger partial charge in [-0.05, 0) is 43.0 Å². The normalized spacial score (nSPS) is 17.2. The molecule has 0 saturated carbocycles. The van der Waals surface area contributed by atoms with Gasteiger partial charge in [0.15, 0.2) is 0 Å². The number of para-hydroxylation sites is 1. The summed E-state index contributed by atoms with van der Waals surface area (Å²) in [7, 11) is 1.78. The average molecular weight is 267 g/mol. The summed E-state index contributed by atoms with van der Waals surface area (Å²) in [5, 5.41) is 3.49. The number of ether oxygens (including phenoxy) is 1. The monoisotopic (exact) mass is 267 g/mol. The molecule has 2 aromatic rings. The maximum Gasteiger partial charge on any atom is 0.125 e. The molecule has 2 heteroatoms. The maximum absolute atomic E-state index is 5.70. The third-order valence-electron chi connectivity index (χ3n) is 4.37. The van der Waals surface area contributed by atoms with Crippen molar-refractivity contribution in [3.05, 3.63) is 58.7 Å². The molecule has 2 nitrogen and oxygen atoms in total. The molecule has 1 aliphatic heterocycles. The molecule has 2 aromatic carbocycles. The number of nitrogens with one attached hydrogen (secondary N) is 1. The van der Waals surface area contributed by atoms with Gasteiger partial charge >= 0.3 is 0 Å². The number of aryl methyl sites for hydroxylation is 1. The van der Waals surface area contributed by atoms with E-state index in [1.807, 2.05) is 0 Å². The minimum absolute atomic E-state index is 0.418. The molecule has 0 radical (unpaired) electrons. The van der Waals surface area contributed by atoms with E-state index in [0.29, 0.717) is 5.92 Å². The van der Waals surface area contributed by atoms with Crippen LogP contribution in [0.5, 0.6) is 5.75 Å². The van der Waals surface area contributed by atoms with Crippen molar-refractivity contribution in [3.63, 3.8) is 0 Å². The number of benzene rings is 2. The Hall–Kier alpha value is -1.96. The van der Waals surface area contributed by atoms with Crippen molar-refractivity contribution in [1.29, 1.82) is 0 Å². The molecule has 0 aromatic heterocycles. The highest BCUT2D eigenvalue weighted by atomic mass is 16.5. The molecule has 104 valence electrons. The quantitative estimate of drug-likeness (QED) is 0.877. The summed E-state index contributed by atoms with van der Waals surface area (Å²) in [4.78, 5) is 0. The lowest BCUT2D eigenvalue weighted by molar-refractivity contribution is 0.403. The van der Waals surface area contributed by atoms with Crippen LogP contribution in [0.2, 0.25) is 0 Å². The van der Waals surface area contributed by atoms with E-state index in [1.54, 1.807) is 7.11 Å². The molecule has 1 heterocycles. The van der Waals surface area contributed by atoms with Crippen LogP contribution >= 0.6 is 0 Å². The Kier molecular flexibility index (Phi) is 3.39. The van der Waals surface area contributed by atoms with Crippen molar-refractivity contribution in [3.8, 4) is 5.75 Å². The van der Waals surface area contributed by atoms with E-state index in [1.165, 1.54) is 27.9 Å². The van der Waals surface area contributed by atoms with E-state index in [2.05, 4.69) is 55.6 Å². The first-order valence-corrected chi connectivity index (χ1v) is 7.19. The molecule has 0 saturated heterocycles. The lowest BCUT2D eigenvalue weighted by Gasteiger charge is -2.29. The van der Waals surface area contributed by atoms with Gasteiger partial charge < -0.3 is 10.1 Å². The van der Waals surface area contributed by atoms with Gasteiger partial charge in [0, 0.05) is 23.7 Å². The molecule has 3 rings (SSSR count). The predicted molar refractivity (Wildman–Crippen MR) is 83.9 cm³/mol. The number of hydrogen-bond acceptors (Lipinski definition) is 2. The van der Waals surface area contributed by atoms with Crippen molar-refractivity contribution in [2.75, 3.05) is 19.0 Å². The van der Waals surface area contributed by atoms with Gasteiger partial charge in [0.05, 0.1) is 7.11 Å². The van der Waals surface area contributed by atoms with Crippen LogP contribution in [0.4, 0.5) is 5.69 Å². The van der Waals surface area contributed by atoms with Crippen LogP contribution in [0.25, 0.3) is 0 Å². The molecule has 1 unspecified atom stereocenters. The van der Waals surface area contributed by atoms with Gasteiger partial charge in [-0.3, -0.25) is 0 Å². The summed E-state index contributed by atoms with van der Waals surface area (Å²) < 4.78 is 5.70. The van der Waals surface area contributed by atoms with Crippen LogP contribution in [0.15, 0.2) is 36.4 Å². The number of rotatable bonds is 2. The van der Waals surface area contributed by atoms with Gasteiger partial charge in [-0.1, -0.05) is 30.3 Å². The van der Waals surface area contributed by atoms with Gasteiger partial charge in [0.1, 0.15) is 5.75 Å². The first-order chi connectivity index (χ1) is 9.72. The van der Waals surface area contributed by atoms with Crippen LogP contribution < -0.4 is 10.1 Å². The number of methoxy groups -OCH3 is 1. The molecule has 0 fully saturated rings. The van der Waals surface area contributed by atoms with E-state index in [9.17, 15) is 0 Å². The second-order valence-corrected chi connectivity index (χ2v) is 5.49. The second kappa shape index (κ2) is 5.20. The standard InChI is InChI=1S/C18H21NO/c1-12-8-9-16(18(20-3)13(12)2)14-10-11-19-17-7-5-4-6-15(14)17/h4-9,14,19H,10-11H2,1-3H3. The molecular weight excluding hydrogens is 246 g/mol. The zero-order chi connectivity index (χ0) is 14.1. The summed E-state index contributed by atoms with van der Waals surface area (Å²) in [6.45, 7) is 5.29. The lowest BCUT2D eigenvalue weighted by atomic mass is 9.83. The zero-order valence-corrected chi connectivity index (χ0v) is 12.4. The molecule has 20 heavy (non-hydrogen) atoms. The number of fused-ring (bicyclic) bond motifs is 1. The lowest BCUT2D eigenvalue weighted by Crippen LogP contribution is -2.18. The Morgan fingerprint density at radius 1 is 1.05 bits per heavy atom. The van der Waals surface area contributed by atoms with Crippen molar-refractivity contribution < 1.29 is 4.74 Å². The second-order valence-electron chi connectivity index (χ2n) is 5.49. The van der Waals surface area contributed by atoms with Crippen LogP contribution in [0.1, 0.15) is 34.6 Å². The summed E-state index contributed by atoms with van der Waals surface area (Å²) in [6.07, 6.45) is 1.11. The minimum atomic E-state index is 0.418. The Morgan fingerprint density at radius 3 is 2.65 bits per heavy atom. The van der Waals surface area contributed by atoms with Gasteiger partial charge in [-0.15, -0.1) is 0 Å². The van der Waals surface area contributed by atoms with Crippen LogP contribution in [0.3, 0.4) is 0 Å². The SMILES string of the molecule is COc1c(C2CCNc3ccccc32)ccc(C)c1C. The maximum atomic E-state index is 5.70. The fraction of sp³-hybridized carbons (Fsp3) is 0.333. The molecule has 0 spiro atoms. The fourth-order valence-electron chi connectivity index (χ4n) is 3.15. The smallest absolute Gasteiger partial charge is 0.125 e. The van der Waals surface area contributed by atoms with Gasteiger partial charge in [0.2, 0.25) is 0 Å². The first kappa shape index (κ1) is 13.0. The zero-order valence-electron chi connectivity index (χ0n) is 12.4. The highest BCUT2D eigenvalue weighted by Gasteiger charge is 2.24. The Morgan fingerprint density at radius 2 is 1.85 bits per heavy atom. The summed E-state index contributed by atoms with van der Waals surface area (Å²) in [5.74, 6) is 1.47. The van der Waals surface area contributed by atoms with Crippen LogP contribution in [-0.2, 0) is 0 Å². The first-order valence-electron chi connectivity index (χ1n) is 7.19. The summed E-state index contributed by atoms with van der Waals surface area (Å²) >= 11 is 0. The fourth-order valence-corrected chi connectivity index (χ4v) is 3.15. The molecule has 1 atom stereocenters. The Bertz CT molecular complexity index is 633. The van der Waals surface area contributed by atoms with Gasteiger partial charge in [-0.25, -0.2) is 0 Å². The molecule has 0 bridgehead atoms.